The molecule has 0 saturated heterocycles. The van der Waals surface area contributed by atoms with Gasteiger partial charge in [0.05, 0.1) is 15.9 Å². The Labute approximate surface area is 163 Å². The maximum Gasteiger partial charge on any atom is 0.323 e. The predicted molar refractivity (Wildman–Crippen MR) is 114 cm³/mol. The summed E-state index contributed by atoms with van der Waals surface area (Å²) >= 11 is 1.46. The zero-order chi connectivity index (χ0) is 19.1. The summed E-state index contributed by atoms with van der Waals surface area (Å²) in [5.41, 5.74) is 2.85. The predicted octanol–water partition coefficient (Wildman–Crippen LogP) is 4.99. The first-order valence-electron chi connectivity index (χ1n) is 8.79. The third-order valence-electron chi connectivity index (χ3n) is 4.66. The van der Waals surface area contributed by atoms with E-state index in [4.69, 9.17) is 0 Å². The lowest BCUT2D eigenvalue weighted by Gasteiger charge is -2.05. The maximum atomic E-state index is 12.7. The second-order valence-electron chi connectivity index (χ2n) is 6.48. The minimum Gasteiger partial charge on any atom is -0.321 e. The van der Waals surface area contributed by atoms with E-state index in [9.17, 15) is 9.59 Å². The molecule has 3 N–H and O–H groups in total. The van der Waals surface area contributed by atoms with Gasteiger partial charge in [0, 0.05) is 10.6 Å². The average Bonchev–Trinajstić information content (AvgIpc) is 3.33. The molecule has 0 aliphatic rings. The van der Waals surface area contributed by atoms with E-state index in [2.05, 4.69) is 39.6 Å². The molecular weight excluding hydrogens is 370 g/mol. The summed E-state index contributed by atoms with van der Waals surface area (Å²) in [6, 6.07) is 23.5. The lowest BCUT2D eigenvalue weighted by atomic mass is 10.0. The van der Waals surface area contributed by atoms with Crippen LogP contribution < -0.4 is 11.0 Å². The minimum atomic E-state index is -0.267. The standard InChI is InChI=1S/C22H15N3O2S/c26-21(23-14-8-9-17-18(12-14)25-22(27)24-17)20-11-10-19(28-20)16-7-3-5-13-4-1-2-6-15(13)16/h1-12H,(H,23,26)(H2,24,25,27). The Morgan fingerprint density at radius 1 is 0.857 bits per heavy atom. The Morgan fingerprint density at radius 2 is 1.68 bits per heavy atom. The van der Waals surface area contributed by atoms with Gasteiger partial charge in [-0.3, -0.25) is 4.79 Å². The molecule has 0 unspecified atom stereocenters. The first-order valence-corrected chi connectivity index (χ1v) is 9.60. The van der Waals surface area contributed by atoms with Crippen LogP contribution in [0.15, 0.2) is 77.6 Å². The number of H-pyrrole nitrogens is 2. The van der Waals surface area contributed by atoms with Crippen molar-refractivity contribution < 1.29 is 4.79 Å². The minimum absolute atomic E-state index is 0.172. The second kappa shape index (κ2) is 6.51. The van der Waals surface area contributed by atoms with Crippen molar-refractivity contribution in [1.29, 1.82) is 0 Å². The fraction of sp³-hybridized carbons (Fsp3) is 0. The molecule has 0 fully saturated rings. The molecule has 28 heavy (non-hydrogen) atoms. The monoisotopic (exact) mass is 385 g/mol. The number of rotatable bonds is 3. The number of carbonyl (C=O) groups excluding carboxylic acids is 1. The molecule has 0 aliphatic heterocycles. The van der Waals surface area contributed by atoms with Gasteiger partial charge in [0.1, 0.15) is 0 Å². The molecule has 0 aliphatic carbocycles. The number of nitrogens with one attached hydrogen (secondary N) is 3. The second-order valence-corrected chi connectivity index (χ2v) is 7.57. The first kappa shape index (κ1) is 16.5. The van der Waals surface area contributed by atoms with Gasteiger partial charge in [-0.05, 0) is 46.7 Å². The fourth-order valence-corrected chi connectivity index (χ4v) is 4.29. The number of aromatic nitrogens is 2. The highest BCUT2D eigenvalue weighted by atomic mass is 32.1. The van der Waals surface area contributed by atoms with Gasteiger partial charge in [0.25, 0.3) is 5.91 Å². The van der Waals surface area contributed by atoms with Crippen molar-refractivity contribution in [3.05, 3.63) is 88.2 Å². The van der Waals surface area contributed by atoms with Crippen LogP contribution in [0.2, 0.25) is 0 Å². The van der Waals surface area contributed by atoms with Gasteiger partial charge in [-0.25, -0.2) is 4.79 Å². The Bertz CT molecular complexity index is 1390. The molecule has 5 nitrogen and oxygen atoms in total. The van der Waals surface area contributed by atoms with Gasteiger partial charge in [-0.15, -0.1) is 11.3 Å². The molecule has 0 bridgehead atoms. The van der Waals surface area contributed by atoms with Gasteiger partial charge >= 0.3 is 5.69 Å². The van der Waals surface area contributed by atoms with Crippen LogP contribution in [0.3, 0.4) is 0 Å². The van der Waals surface area contributed by atoms with Crippen molar-refractivity contribution in [2.75, 3.05) is 5.32 Å². The summed E-state index contributed by atoms with van der Waals surface area (Å²) < 4.78 is 0. The molecule has 1 amide bonds. The smallest absolute Gasteiger partial charge is 0.321 e. The summed E-state index contributed by atoms with van der Waals surface area (Å²) in [5, 5.41) is 5.24. The molecule has 3 aromatic carbocycles. The van der Waals surface area contributed by atoms with Gasteiger partial charge in [0.2, 0.25) is 0 Å². The van der Waals surface area contributed by atoms with Gasteiger partial charge < -0.3 is 15.3 Å². The normalized spacial score (nSPS) is 11.1. The van der Waals surface area contributed by atoms with E-state index in [1.807, 2.05) is 30.3 Å². The Kier molecular flexibility index (Phi) is 3.84. The number of fused-ring (bicyclic) bond motifs is 2. The number of amides is 1. The van der Waals surface area contributed by atoms with Crippen molar-refractivity contribution in [2.24, 2.45) is 0 Å². The number of aromatic amines is 2. The number of imidazole rings is 1. The first-order chi connectivity index (χ1) is 13.7. The van der Waals surface area contributed by atoms with Crippen LogP contribution in [-0.4, -0.2) is 15.9 Å². The summed E-state index contributed by atoms with van der Waals surface area (Å²) in [6.07, 6.45) is 0. The van der Waals surface area contributed by atoms with E-state index in [1.165, 1.54) is 22.1 Å². The molecule has 0 spiro atoms. The topological polar surface area (TPSA) is 77.8 Å². The summed E-state index contributed by atoms with van der Waals surface area (Å²) in [4.78, 5) is 31.1. The van der Waals surface area contributed by atoms with Crippen LogP contribution in [0.5, 0.6) is 0 Å². The zero-order valence-electron chi connectivity index (χ0n) is 14.7. The highest BCUT2D eigenvalue weighted by Gasteiger charge is 2.13. The number of carbonyl (C=O) groups is 1. The highest BCUT2D eigenvalue weighted by Crippen LogP contribution is 2.34. The van der Waals surface area contributed by atoms with E-state index in [-0.39, 0.29) is 11.6 Å². The third kappa shape index (κ3) is 2.90. The molecular formula is C22H15N3O2S. The zero-order valence-corrected chi connectivity index (χ0v) is 15.5. The summed E-state index contributed by atoms with van der Waals surface area (Å²) in [7, 11) is 0. The molecule has 5 rings (SSSR count). The Balaban J connectivity index is 1.44. The Morgan fingerprint density at radius 3 is 2.61 bits per heavy atom. The molecule has 0 saturated carbocycles. The van der Waals surface area contributed by atoms with Crippen LogP contribution >= 0.6 is 11.3 Å². The van der Waals surface area contributed by atoms with Crippen LogP contribution in [0.1, 0.15) is 9.67 Å². The van der Waals surface area contributed by atoms with Crippen LogP contribution in [0.4, 0.5) is 5.69 Å². The lowest BCUT2D eigenvalue weighted by Crippen LogP contribution is -2.09. The lowest BCUT2D eigenvalue weighted by molar-refractivity contribution is 0.103. The third-order valence-corrected chi connectivity index (χ3v) is 5.78. The molecule has 0 atom stereocenters. The molecule has 0 radical (unpaired) electrons. The summed E-state index contributed by atoms with van der Waals surface area (Å²) in [6.45, 7) is 0. The van der Waals surface area contributed by atoms with Gasteiger partial charge in [-0.2, -0.15) is 0 Å². The van der Waals surface area contributed by atoms with Crippen LogP contribution in [0.25, 0.3) is 32.2 Å². The van der Waals surface area contributed by atoms with Crippen LogP contribution in [0, 0.1) is 0 Å². The van der Waals surface area contributed by atoms with Crippen molar-refractivity contribution in [3.8, 4) is 10.4 Å². The van der Waals surface area contributed by atoms with Crippen molar-refractivity contribution in [3.63, 3.8) is 0 Å². The van der Waals surface area contributed by atoms with Crippen molar-refractivity contribution in [1.82, 2.24) is 9.97 Å². The molecule has 2 aromatic heterocycles. The van der Waals surface area contributed by atoms with Gasteiger partial charge in [0.15, 0.2) is 0 Å². The highest BCUT2D eigenvalue weighted by molar-refractivity contribution is 7.17. The quantitative estimate of drug-likeness (QED) is 0.409. The average molecular weight is 385 g/mol. The molecule has 136 valence electrons. The van der Waals surface area contributed by atoms with E-state index in [0.717, 1.165) is 10.4 Å². The number of benzene rings is 3. The number of hydrogen-bond donors (Lipinski definition) is 3. The van der Waals surface area contributed by atoms with E-state index in [1.54, 1.807) is 18.2 Å². The number of anilines is 1. The largest absolute Gasteiger partial charge is 0.323 e. The van der Waals surface area contributed by atoms with E-state index >= 15 is 0 Å². The van der Waals surface area contributed by atoms with Gasteiger partial charge in [-0.1, -0.05) is 42.5 Å². The maximum absolute atomic E-state index is 12.7. The SMILES string of the molecule is O=C(Nc1ccc2[nH]c(=O)[nH]c2c1)c1ccc(-c2cccc3ccccc23)s1. The van der Waals surface area contributed by atoms with Crippen LogP contribution in [-0.2, 0) is 0 Å². The fourth-order valence-electron chi connectivity index (χ4n) is 3.35. The van der Waals surface area contributed by atoms with E-state index in [0.29, 0.717) is 21.6 Å². The van der Waals surface area contributed by atoms with E-state index < -0.39 is 0 Å². The number of hydrogen-bond acceptors (Lipinski definition) is 3. The van der Waals surface area contributed by atoms with Crippen molar-refractivity contribution in [2.45, 2.75) is 0 Å². The molecule has 2 heterocycles. The van der Waals surface area contributed by atoms with Crippen molar-refractivity contribution >= 4 is 44.7 Å². The molecule has 6 heteroatoms. The summed E-state index contributed by atoms with van der Waals surface area (Å²) in [5.74, 6) is -0.172. The number of thiophene rings is 1. The molecule has 5 aromatic rings. The Hall–Kier alpha value is -3.64.